The van der Waals surface area contributed by atoms with Crippen molar-refractivity contribution in [1.82, 2.24) is 19.4 Å². The minimum Gasteiger partial charge on any atom is -0.379 e. The average Bonchev–Trinajstić information content (AvgIpc) is 3.68. The van der Waals surface area contributed by atoms with E-state index in [9.17, 15) is 9.59 Å². The van der Waals surface area contributed by atoms with E-state index in [1.807, 2.05) is 65.0 Å². The number of amides is 2. The molecule has 5 heterocycles. The fourth-order valence-corrected chi connectivity index (χ4v) is 5.93. The number of hydrazone groups is 1. The molecule has 0 aromatic carbocycles. The molecular weight excluding hydrogens is 482 g/mol. The van der Waals surface area contributed by atoms with Crippen LogP contribution in [0.5, 0.6) is 0 Å². The second kappa shape index (κ2) is 10.9. The van der Waals surface area contributed by atoms with Gasteiger partial charge in [-0.25, -0.2) is 5.01 Å². The van der Waals surface area contributed by atoms with Crippen LogP contribution in [0.15, 0.2) is 58.5 Å². The van der Waals surface area contributed by atoms with Gasteiger partial charge in [0.05, 0.1) is 28.7 Å². The first-order chi connectivity index (χ1) is 17.1. The maximum Gasteiger partial charge on any atom is 0.264 e. The number of aromatic nitrogens is 1. The summed E-state index contributed by atoms with van der Waals surface area (Å²) in [6.45, 7) is 4.25. The molecule has 10 heteroatoms. The van der Waals surface area contributed by atoms with E-state index in [2.05, 4.69) is 4.90 Å². The Bertz CT molecular complexity index is 1170. The maximum atomic E-state index is 13.7. The molecule has 2 aliphatic heterocycles. The third-order valence-corrected chi connectivity index (χ3v) is 8.21. The molecule has 2 aliphatic rings. The van der Waals surface area contributed by atoms with E-state index in [0.717, 1.165) is 29.4 Å². The highest BCUT2D eigenvalue weighted by Gasteiger charge is 2.36. The number of morpholine rings is 1. The van der Waals surface area contributed by atoms with Gasteiger partial charge in [0, 0.05) is 51.5 Å². The quantitative estimate of drug-likeness (QED) is 0.465. The number of hydrogen-bond donors (Lipinski definition) is 0. The van der Waals surface area contributed by atoms with E-state index < -0.39 is 0 Å². The first-order valence-corrected chi connectivity index (χ1v) is 13.5. The highest BCUT2D eigenvalue weighted by Crippen LogP contribution is 2.34. The molecular formula is C25H29N5O3S2. The Morgan fingerprint density at radius 2 is 1.91 bits per heavy atom. The van der Waals surface area contributed by atoms with Gasteiger partial charge in [-0.2, -0.15) is 5.10 Å². The van der Waals surface area contributed by atoms with Gasteiger partial charge in [0.25, 0.3) is 11.8 Å². The molecule has 1 atom stereocenters. The predicted molar refractivity (Wildman–Crippen MR) is 138 cm³/mol. The summed E-state index contributed by atoms with van der Waals surface area (Å²) in [4.78, 5) is 32.7. The summed E-state index contributed by atoms with van der Waals surface area (Å²) in [7, 11) is 1.98. The molecule has 0 aliphatic carbocycles. The van der Waals surface area contributed by atoms with Crippen LogP contribution in [0.3, 0.4) is 0 Å². The first-order valence-electron chi connectivity index (χ1n) is 11.8. The number of rotatable bonds is 8. The molecule has 35 heavy (non-hydrogen) atoms. The van der Waals surface area contributed by atoms with Crippen molar-refractivity contribution in [2.24, 2.45) is 12.1 Å². The SMILES string of the molecule is Cn1cccc1C1CC(c2cccs2)=NN1C(=O)CN(CCN1CCOCC1)C(=O)c1cccs1. The van der Waals surface area contributed by atoms with Gasteiger partial charge < -0.3 is 14.2 Å². The standard InChI is InChI=1S/C25H29N5O3S2/c1-27-8-2-5-20(27)21-17-19(22-6-3-15-34-22)26-30(21)24(31)18-29(25(32)23-7-4-16-35-23)10-9-28-11-13-33-14-12-28/h2-8,15-16,21H,9-14,17-18H2,1H3. The summed E-state index contributed by atoms with van der Waals surface area (Å²) in [6, 6.07) is 11.5. The molecule has 5 rings (SSSR count). The molecule has 3 aromatic rings. The Balaban J connectivity index is 1.37. The summed E-state index contributed by atoms with van der Waals surface area (Å²) in [5.74, 6) is -0.284. The fourth-order valence-electron chi connectivity index (χ4n) is 4.51. The average molecular weight is 512 g/mol. The Kier molecular flexibility index (Phi) is 7.43. The summed E-state index contributed by atoms with van der Waals surface area (Å²) in [5, 5.41) is 10.3. The zero-order valence-electron chi connectivity index (χ0n) is 19.7. The number of hydrogen-bond acceptors (Lipinski definition) is 7. The van der Waals surface area contributed by atoms with Gasteiger partial charge in [0.15, 0.2) is 0 Å². The van der Waals surface area contributed by atoms with Crippen LogP contribution in [0, 0.1) is 0 Å². The van der Waals surface area contributed by atoms with Crippen molar-refractivity contribution >= 4 is 40.2 Å². The number of nitrogens with zero attached hydrogens (tertiary/aromatic N) is 5. The number of aryl methyl sites for hydroxylation is 1. The largest absolute Gasteiger partial charge is 0.379 e. The number of carbonyl (C=O) groups excluding carboxylic acids is 2. The fraction of sp³-hybridized carbons (Fsp3) is 0.400. The smallest absolute Gasteiger partial charge is 0.264 e. The van der Waals surface area contributed by atoms with Crippen LogP contribution >= 0.6 is 22.7 Å². The molecule has 0 spiro atoms. The van der Waals surface area contributed by atoms with Gasteiger partial charge in [0.1, 0.15) is 12.6 Å². The molecule has 3 aromatic heterocycles. The van der Waals surface area contributed by atoms with Gasteiger partial charge in [-0.15, -0.1) is 22.7 Å². The monoisotopic (exact) mass is 511 g/mol. The summed E-state index contributed by atoms with van der Waals surface area (Å²) in [6.07, 6.45) is 2.63. The molecule has 8 nitrogen and oxygen atoms in total. The van der Waals surface area contributed by atoms with Crippen molar-refractivity contribution in [3.05, 3.63) is 68.8 Å². The zero-order valence-corrected chi connectivity index (χ0v) is 21.3. The highest BCUT2D eigenvalue weighted by atomic mass is 32.1. The molecule has 2 amide bonds. The second-order valence-corrected chi connectivity index (χ2v) is 10.6. The third-order valence-electron chi connectivity index (χ3n) is 6.43. The van der Waals surface area contributed by atoms with Crippen LogP contribution in [0.4, 0.5) is 0 Å². The first kappa shape index (κ1) is 23.9. The van der Waals surface area contributed by atoms with Crippen molar-refractivity contribution in [3.8, 4) is 0 Å². The lowest BCUT2D eigenvalue weighted by Gasteiger charge is -2.31. The topological polar surface area (TPSA) is 70.4 Å². The lowest BCUT2D eigenvalue weighted by atomic mass is 10.1. The molecule has 1 unspecified atom stereocenters. The van der Waals surface area contributed by atoms with Gasteiger partial charge >= 0.3 is 0 Å². The van der Waals surface area contributed by atoms with Crippen LogP contribution in [0.1, 0.15) is 32.7 Å². The van der Waals surface area contributed by atoms with E-state index >= 15 is 0 Å². The number of ether oxygens (including phenoxy) is 1. The molecule has 0 N–H and O–H groups in total. The van der Waals surface area contributed by atoms with Gasteiger partial charge in [-0.05, 0) is 35.0 Å². The molecule has 1 fully saturated rings. The number of carbonyl (C=O) groups is 2. The third kappa shape index (κ3) is 5.40. The summed E-state index contributed by atoms with van der Waals surface area (Å²) >= 11 is 3.02. The normalized spacial score (nSPS) is 18.6. The Morgan fingerprint density at radius 1 is 1.11 bits per heavy atom. The van der Waals surface area contributed by atoms with E-state index in [-0.39, 0.29) is 24.4 Å². The van der Waals surface area contributed by atoms with Crippen LogP contribution in [0.2, 0.25) is 0 Å². The molecule has 0 bridgehead atoms. The second-order valence-electron chi connectivity index (χ2n) is 8.68. The number of thiophene rings is 2. The minimum absolute atomic E-state index is 0.0107. The van der Waals surface area contributed by atoms with E-state index in [1.165, 1.54) is 11.3 Å². The molecule has 0 saturated carbocycles. The van der Waals surface area contributed by atoms with Crippen LogP contribution in [-0.4, -0.2) is 82.8 Å². The van der Waals surface area contributed by atoms with Crippen molar-refractivity contribution < 1.29 is 14.3 Å². The van der Waals surface area contributed by atoms with Gasteiger partial charge in [0.2, 0.25) is 0 Å². The van der Waals surface area contributed by atoms with E-state index in [0.29, 0.717) is 37.6 Å². The van der Waals surface area contributed by atoms with Crippen LogP contribution in [-0.2, 0) is 16.6 Å². The van der Waals surface area contributed by atoms with Crippen molar-refractivity contribution in [2.75, 3.05) is 45.9 Å². The lowest BCUT2D eigenvalue weighted by molar-refractivity contribution is -0.133. The van der Waals surface area contributed by atoms with Crippen molar-refractivity contribution in [3.63, 3.8) is 0 Å². The summed E-state index contributed by atoms with van der Waals surface area (Å²) in [5.41, 5.74) is 1.93. The van der Waals surface area contributed by atoms with Crippen molar-refractivity contribution in [2.45, 2.75) is 12.5 Å². The van der Waals surface area contributed by atoms with Crippen molar-refractivity contribution in [1.29, 1.82) is 0 Å². The Labute approximate surface area is 213 Å². The maximum absolute atomic E-state index is 13.7. The molecule has 1 saturated heterocycles. The zero-order chi connectivity index (χ0) is 24.2. The van der Waals surface area contributed by atoms with E-state index in [4.69, 9.17) is 9.84 Å². The van der Waals surface area contributed by atoms with Gasteiger partial charge in [-0.3, -0.25) is 14.5 Å². The van der Waals surface area contributed by atoms with Gasteiger partial charge in [-0.1, -0.05) is 12.1 Å². The Hall–Kier alpha value is -2.79. The molecule has 0 radical (unpaired) electrons. The highest BCUT2D eigenvalue weighted by molar-refractivity contribution is 7.12. The lowest BCUT2D eigenvalue weighted by Crippen LogP contribution is -2.46. The Morgan fingerprint density at radius 3 is 2.60 bits per heavy atom. The predicted octanol–water partition coefficient (Wildman–Crippen LogP) is 3.30. The van der Waals surface area contributed by atoms with E-state index in [1.54, 1.807) is 21.2 Å². The molecule has 184 valence electrons. The summed E-state index contributed by atoms with van der Waals surface area (Å²) < 4.78 is 7.48. The van der Waals surface area contributed by atoms with Crippen LogP contribution < -0.4 is 0 Å². The van der Waals surface area contributed by atoms with Crippen LogP contribution in [0.25, 0.3) is 0 Å². The minimum atomic E-state index is -0.197.